The predicted octanol–water partition coefficient (Wildman–Crippen LogP) is 5.36. The van der Waals surface area contributed by atoms with Crippen LogP contribution in [0.2, 0.25) is 0 Å². The van der Waals surface area contributed by atoms with Crippen molar-refractivity contribution in [1.82, 2.24) is 4.98 Å². The minimum atomic E-state index is -0.884. The SMILES string of the molecule is Cc1cccc(CSc2nc3ccc(NC(=O)[C@H]4[C@H](C(=O)O)[C@H]5C=C[C@H]4C5)cc3s2)c1. The summed E-state index contributed by atoms with van der Waals surface area (Å²) >= 11 is 3.31. The molecule has 0 aliphatic heterocycles. The fraction of sp³-hybridized carbons (Fsp3) is 0.292. The van der Waals surface area contributed by atoms with Crippen LogP contribution in [0.5, 0.6) is 0 Å². The number of carboxylic acid groups (broad SMARTS) is 1. The van der Waals surface area contributed by atoms with E-state index >= 15 is 0 Å². The molecule has 2 aliphatic rings. The number of carboxylic acids is 1. The van der Waals surface area contributed by atoms with E-state index in [0.717, 1.165) is 26.7 Å². The first-order valence-corrected chi connectivity index (χ1v) is 12.1. The summed E-state index contributed by atoms with van der Waals surface area (Å²) in [5, 5.41) is 12.5. The molecule has 1 aromatic heterocycles. The molecule has 2 aromatic carbocycles. The number of allylic oxidation sites excluding steroid dienone is 2. The van der Waals surface area contributed by atoms with Crippen LogP contribution in [0.25, 0.3) is 10.2 Å². The summed E-state index contributed by atoms with van der Waals surface area (Å²) in [6.07, 6.45) is 4.70. The van der Waals surface area contributed by atoms with Crippen molar-refractivity contribution in [1.29, 1.82) is 0 Å². The highest BCUT2D eigenvalue weighted by atomic mass is 32.2. The maximum Gasteiger partial charge on any atom is 0.307 e. The van der Waals surface area contributed by atoms with E-state index < -0.39 is 17.8 Å². The summed E-state index contributed by atoms with van der Waals surface area (Å²) in [5.41, 5.74) is 4.11. The van der Waals surface area contributed by atoms with Gasteiger partial charge >= 0.3 is 5.97 Å². The molecule has 0 saturated heterocycles. The van der Waals surface area contributed by atoms with E-state index in [0.29, 0.717) is 5.69 Å². The molecule has 2 bridgehead atoms. The Morgan fingerprint density at radius 1 is 1.16 bits per heavy atom. The number of thioether (sulfide) groups is 1. The van der Waals surface area contributed by atoms with Crippen LogP contribution in [-0.4, -0.2) is 22.0 Å². The molecule has 1 amide bonds. The van der Waals surface area contributed by atoms with Crippen LogP contribution in [0.15, 0.2) is 59.0 Å². The number of anilines is 1. The number of nitrogens with zero attached hydrogens (tertiary/aromatic N) is 1. The number of carbonyl (C=O) groups is 2. The first kappa shape index (κ1) is 20.3. The lowest BCUT2D eigenvalue weighted by Crippen LogP contribution is -2.36. The number of aromatic nitrogens is 1. The van der Waals surface area contributed by atoms with Crippen LogP contribution in [-0.2, 0) is 15.3 Å². The third-order valence-corrected chi connectivity index (χ3v) is 8.36. The van der Waals surface area contributed by atoms with Crippen LogP contribution >= 0.6 is 23.1 Å². The van der Waals surface area contributed by atoms with Crippen molar-refractivity contribution >= 4 is 50.9 Å². The van der Waals surface area contributed by atoms with Crippen molar-refractivity contribution in [3.63, 3.8) is 0 Å². The molecule has 3 aromatic rings. The number of aliphatic carboxylic acids is 1. The third kappa shape index (κ3) is 4.00. The van der Waals surface area contributed by atoms with Gasteiger partial charge in [0.1, 0.15) is 0 Å². The highest BCUT2D eigenvalue weighted by Crippen LogP contribution is 2.48. The van der Waals surface area contributed by atoms with Crippen LogP contribution in [0.1, 0.15) is 17.5 Å². The Morgan fingerprint density at radius 3 is 2.74 bits per heavy atom. The maximum absolute atomic E-state index is 12.9. The second-order valence-corrected chi connectivity index (χ2v) is 10.5. The quantitative estimate of drug-likeness (QED) is 0.390. The lowest BCUT2D eigenvalue weighted by atomic mass is 9.82. The number of nitrogens with one attached hydrogen (secondary N) is 1. The molecule has 5 nitrogen and oxygen atoms in total. The molecule has 0 unspecified atom stereocenters. The Labute approximate surface area is 188 Å². The van der Waals surface area contributed by atoms with Gasteiger partial charge in [-0.3, -0.25) is 9.59 Å². The van der Waals surface area contributed by atoms with Gasteiger partial charge in [0, 0.05) is 11.4 Å². The molecule has 5 rings (SSSR count). The molecular weight excluding hydrogens is 428 g/mol. The Kier molecular flexibility index (Phi) is 5.32. The van der Waals surface area contributed by atoms with Gasteiger partial charge in [0.25, 0.3) is 0 Å². The molecule has 2 N–H and O–H groups in total. The second kappa shape index (κ2) is 8.13. The topological polar surface area (TPSA) is 79.3 Å². The zero-order valence-corrected chi connectivity index (χ0v) is 18.6. The monoisotopic (exact) mass is 450 g/mol. The molecule has 31 heavy (non-hydrogen) atoms. The lowest BCUT2D eigenvalue weighted by Gasteiger charge is -2.23. The number of carbonyl (C=O) groups excluding carboxylic acids is 1. The average Bonchev–Trinajstić information content (AvgIpc) is 3.45. The summed E-state index contributed by atoms with van der Waals surface area (Å²) in [7, 11) is 0. The van der Waals surface area contributed by atoms with Gasteiger partial charge in [-0.1, -0.05) is 53.7 Å². The minimum absolute atomic E-state index is 0.0165. The van der Waals surface area contributed by atoms with Gasteiger partial charge in [0.05, 0.1) is 22.1 Å². The van der Waals surface area contributed by atoms with Gasteiger partial charge in [0.15, 0.2) is 4.34 Å². The standard InChI is InChI=1S/C24H22N2O3S2/c1-13-3-2-4-14(9-13)12-30-24-26-18-8-7-17(11-19(18)31-24)25-22(27)20-15-5-6-16(10-15)21(20)23(28)29/h2-9,11,15-16,20-21H,10,12H2,1H3,(H,25,27)(H,28,29)/t15-,16-,20+,21+/m0/s1. The fourth-order valence-electron chi connectivity index (χ4n) is 4.73. The van der Waals surface area contributed by atoms with Crippen LogP contribution < -0.4 is 5.32 Å². The van der Waals surface area contributed by atoms with E-state index in [1.165, 1.54) is 11.1 Å². The summed E-state index contributed by atoms with van der Waals surface area (Å²) in [6, 6.07) is 14.1. The number of fused-ring (bicyclic) bond motifs is 3. The van der Waals surface area contributed by atoms with Gasteiger partial charge in [-0.15, -0.1) is 11.3 Å². The Hall–Kier alpha value is -2.64. The summed E-state index contributed by atoms with van der Waals surface area (Å²) in [5.74, 6) is -1.39. The van der Waals surface area contributed by atoms with Crippen molar-refractivity contribution in [2.24, 2.45) is 23.7 Å². The number of rotatable bonds is 6. The maximum atomic E-state index is 12.9. The molecule has 0 spiro atoms. The summed E-state index contributed by atoms with van der Waals surface area (Å²) in [4.78, 5) is 29.3. The van der Waals surface area contributed by atoms with E-state index in [1.54, 1.807) is 23.1 Å². The molecule has 1 saturated carbocycles. The van der Waals surface area contributed by atoms with Crippen LogP contribution in [0.4, 0.5) is 5.69 Å². The molecule has 1 heterocycles. The Balaban J connectivity index is 1.29. The van der Waals surface area contributed by atoms with Crippen molar-refractivity contribution in [2.45, 2.75) is 23.4 Å². The van der Waals surface area contributed by atoms with E-state index in [2.05, 4.69) is 36.5 Å². The van der Waals surface area contributed by atoms with E-state index in [4.69, 9.17) is 4.98 Å². The van der Waals surface area contributed by atoms with E-state index in [-0.39, 0.29) is 17.7 Å². The van der Waals surface area contributed by atoms with Crippen LogP contribution in [0, 0.1) is 30.6 Å². The molecule has 158 valence electrons. The molecule has 2 aliphatic carbocycles. The number of benzene rings is 2. The van der Waals surface area contributed by atoms with Crippen LogP contribution in [0.3, 0.4) is 0 Å². The smallest absolute Gasteiger partial charge is 0.307 e. The van der Waals surface area contributed by atoms with Crippen molar-refractivity contribution < 1.29 is 14.7 Å². The second-order valence-electron chi connectivity index (χ2n) is 8.27. The normalized spacial score (nSPS) is 24.0. The number of hydrogen-bond acceptors (Lipinski definition) is 5. The molecule has 1 fully saturated rings. The van der Waals surface area contributed by atoms with E-state index in [1.807, 2.05) is 30.4 Å². The largest absolute Gasteiger partial charge is 0.481 e. The minimum Gasteiger partial charge on any atom is -0.481 e. The number of hydrogen-bond donors (Lipinski definition) is 2. The predicted molar refractivity (Wildman–Crippen MR) is 124 cm³/mol. The highest BCUT2D eigenvalue weighted by Gasteiger charge is 2.51. The average molecular weight is 451 g/mol. The summed E-state index contributed by atoms with van der Waals surface area (Å²) < 4.78 is 2.00. The van der Waals surface area contributed by atoms with Gasteiger partial charge in [-0.25, -0.2) is 4.98 Å². The van der Waals surface area contributed by atoms with Crippen molar-refractivity contribution in [2.75, 3.05) is 5.32 Å². The van der Waals surface area contributed by atoms with Gasteiger partial charge in [0.2, 0.25) is 5.91 Å². The molecule has 0 radical (unpaired) electrons. The van der Waals surface area contributed by atoms with Crippen molar-refractivity contribution in [3.05, 3.63) is 65.7 Å². The van der Waals surface area contributed by atoms with E-state index in [9.17, 15) is 14.7 Å². The van der Waals surface area contributed by atoms with Gasteiger partial charge in [-0.05, 0) is 48.9 Å². The number of amides is 1. The Morgan fingerprint density at radius 2 is 1.97 bits per heavy atom. The summed E-state index contributed by atoms with van der Waals surface area (Å²) in [6.45, 7) is 2.09. The zero-order valence-electron chi connectivity index (χ0n) is 16.9. The van der Waals surface area contributed by atoms with Gasteiger partial charge < -0.3 is 10.4 Å². The number of thiazole rings is 1. The van der Waals surface area contributed by atoms with Crippen molar-refractivity contribution in [3.8, 4) is 0 Å². The lowest BCUT2D eigenvalue weighted by molar-refractivity contribution is -0.146. The first-order valence-electron chi connectivity index (χ1n) is 10.3. The Bertz CT molecular complexity index is 1200. The zero-order chi connectivity index (χ0) is 21.5. The highest BCUT2D eigenvalue weighted by molar-refractivity contribution is 8.00. The fourth-order valence-corrected chi connectivity index (χ4v) is 6.78. The third-order valence-electron chi connectivity index (χ3n) is 6.13. The molecule has 7 heteroatoms. The first-order chi connectivity index (χ1) is 15.0. The molecular formula is C24H22N2O3S2. The molecule has 4 atom stereocenters. The van der Waals surface area contributed by atoms with Gasteiger partial charge in [-0.2, -0.15) is 0 Å². The number of aryl methyl sites for hydroxylation is 1.